The minimum absolute atomic E-state index is 0.860. The van der Waals surface area contributed by atoms with E-state index >= 15 is 0 Å². The van der Waals surface area contributed by atoms with Gasteiger partial charge in [0.2, 0.25) is 0 Å². The van der Waals surface area contributed by atoms with E-state index in [0.717, 1.165) is 22.6 Å². The average molecular weight is 380 g/mol. The normalized spacial score (nSPS) is 10.6. The molecule has 0 aromatic heterocycles. The second-order valence-corrected chi connectivity index (χ2v) is 7.13. The van der Waals surface area contributed by atoms with E-state index in [2.05, 4.69) is 73.7 Å². The standard InChI is InChI=1S/C27H24O2/c1-19-5-4-6-22(15-19)25-17-23(20-7-11-26(28-2)12-8-20)16-24(18-25)21-9-13-27(29-3)14-10-21/h4-18H,1-3H3. The van der Waals surface area contributed by atoms with Crippen LogP contribution in [0, 0.1) is 6.92 Å². The molecule has 0 spiro atoms. The average Bonchev–Trinajstić information content (AvgIpc) is 2.79. The van der Waals surface area contributed by atoms with Gasteiger partial charge in [-0.3, -0.25) is 0 Å². The van der Waals surface area contributed by atoms with Crippen molar-refractivity contribution in [3.63, 3.8) is 0 Å². The van der Waals surface area contributed by atoms with Gasteiger partial charge < -0.3 is 9.47 Å². The van der Waals surface area contributed by atoms with Gasteiger partial charge in [-0.25, -0.2) is 0 Å². The van der Waals surface area contributed by atoms with E-state index in [1.54, 1.807) is 14.2 Å². The van der Waals surface area contributed by atoms with Crippen LogP contribution in [0.3, 0.4) is 0 Å². The summed E-state index contributed by atoms with van der Waals surface area (Å²) in [4.78, 5) is 0. The first-order valence-corrected chi connectivity index (χ1v) is 9.67. The summed E-state index contributed by atoms with van der Waals surface area (Å²) >= 11 is 0. The van der Waals surface area contributed by atoms with Crippen molar-refractivity contribution in [2.45, 2.75) is 6.92 Å². The smallest absolute Gasteiger partial charge is 0.118 e. The molecule has 4 rings (SSSR count). The van der Waals surface area contributed by atoms with Crippen LogP contribution in [0.2, 0.25) is 0 Å². The van der Waals surface area contributed by atoms with E-state index in [-0.39, 0.29) is 0 Å². The maximum Gasteiger partial charge on any atom is 0.118 e. The molecule has 144 valence electrons. The van der Waals surface area contributed by atoms with Gasteiger partial charge in [-0.2, -0.15) is 0 Å². The molecule has 0 atom stereocenters. The summed E-state index contributed by atoms with van der Waals surface area (Å²) < 4.78 is 10.6. The second-order valence-electron chi connectivity index (χ2n) is 7.13. The van der Waals surface area contributed by atoms with Gasteiger partial charge in [0.25, 0.3) is 0 Å². The van der Waals surface area contributed by atoms with E-state index in [4.69, 9.17) is 9.47 Å². The fourth-order valence-corrected chi connectivity index (χ4v) is 3.52. The van der Waals surface area contributed by atoms with Gasteiger partial charge in [0.1, 0.15) is 11.5 Å². The van der Waals surface area contributed by atoms with Gasteiger partial charge >= 0.3 is 0 Å². The molecular formula is C27H24O2. The number of ether oxygens (including phenoxy) is 2. The fraction of sp³-hybridized carbons (Fsp3) is 0.111. The van der Waals surface area contributed by atoms with Crippen LogP contribution in [0.25, 0.3) is 33.4 Å². The third kappa shape index (κ3) is 4.17. The highest BCUT2D eigenvalue weighted by Crippen LogP contribution is 2.34. The molecule has 2 nitrogen and oxygen atoms in total. The third-order valence-electron chi connectivity index (χ3n) is 5.13. The summed E-state index contributed by atoms with van der Waals surface area (Å²) in [7, 11) is 3.38. The van der Waals surface area contributed by atoms with Crippen molar-refractivity contribution in [1.29, 1.82) is 0 Å². The highest BCUT2D eigenvalue weighted by atomic mass is 16.5. The summed E-state index contributed by atoms with van der Waals surface area (Å²) in [6.45, 7) is 2.13. The first kappa shape index (κ1) is 18.8. The molecule has 0 unspecified atom stereocenters. The van der Waals surface area contributed by atoms with E-state index < -0.39 is 0 Å². The Labute approximate surface area is 172 Å². The van der Waals surface area contributed by atoms with E-state index in [1.165, 1.54) is 27.8 Å². The quantitative estimate of drug-likeness (QED) is 0.371. The maximum absolute atomic E-state index is 5.31. The lowest BCUT2D eigenvalue weighted by Gasteiger charge is -2.12. The summed E-state index contributed by atoms with van der Waals surface area (Å²) in [5.74, 6) is 1.72. The Balaban J connectivity index is 1.86. The molecule has 0 aliphatic carbocycles. The molecule has 0 radical (unpaired) electrons. The number of hydrogen-bond acceptors (Lipinski definition) is 2. The maximum atomic E-state index is 5.31. The second kappa shape index (κ2) is 8.24. The van der Waals surface area contributed by atoms with Gasteiger partial charge in [0.05, 0.1) is 14.2 Å². The van der Waals surface area contributed by atoms with Crippen molar-refractivity contribution in [2.24, 2.45) is 0 Å². The number of benzene rings is 4. The summed E-state index contributed by atoms with van der Waals surface area (Å²) in [5.41, 5.74) is 8.35. The third-order valence-corrected chi connectivity index (χ3v) is 5.13. The predicted molar refractivity (Wildman–Crippen MR) is 121 cm³/mol. The summed E-state index contributed by atoms with van der Waals surface area (Å²) in [6, 6.07) is 31.8. The first-order chi connectivity index (χ1) is 14.2. The number of rotatable bonds is 5. The van der Waals surface area contributed by atoms with Crippen molar-refractivity contribution >= 4 is 0 Å². The fourth-order valence-electron chi connectivity index (χ4n) is 3.52. The Morgan fingerprint density at radius 1 is 0.448 bits per heavy atom. The molecule has 0 saturated heterocycles. The van der Waals surface area contributed by atoms with Gasteiger partial charge in [0, 0.05) is 0 Å². The van der Waals surface area contributed by atoms with Crippen LogP contribution < -0.4 is 9.47 Å². The molecule has 0 saturated carbocycles. The zero-order valence-electron chi connectivity index (χ0n) is 17.0. The Kier molecular flexibility index (Phi) is 5.35. The Hall–Kier alpha value is -3.52. The van der Waals surface area contributed by atoms with Crippen molar-refractivity contribution in [1.82, 2.24) is 0 Å². The zero-order valence-corrected chi connectivity index (χ0v) is 17.0. The van der Waals surface area contributed by atoms with E-state index in [0.29, 0.717) is 0 Å². The van der Waals surface area contributed by atoms with Crippen LogP contribution in [0.5, 0.6) is 11.5 Å². The largest absolute Gasteiger partial charge is 0.497 e. The van der Waals surface area contributed by atoms with Crippen LogP contribution in [0.4, 0.5) is 0 Å². The van der Waals surface area contributed by atoms with E-state index in [1.807, 2.05) is 24.3 Å². The number of hydrogen-bond donors (Lipinski definition) is 0. The molecule has 4 aromatic rings. The Bertz CT molecular complexity index is 1040. The lowest BCUT2D eigenvalue weighted by molar-refractivity contribution is 0.415. The lowest BCUT2D eigenvalue weighted by Crippen LogP contribution is -1.88. The molecule has 0 fully saturated rings. The SMILES string of the molecule is COc1ccc(-c2cc(-c3ccc(OC)cc3)cc(-c3cccc(C)c3)c2)cc1. The predicted octanol–water partition coefficient (Wildman–Crippen LogP) is 7.01. The molecule has 0 aliphatic rings. The van der Waals surface area contributed by atoms with Crippen molar-refractivity contribution < 1.29 is 9.47 Å². The van der Waals surface area contributed by atoms with Crippen molar-refractivity contribution in [2.75, 3.05) is 14.2 Å². The van der Waals surface area contributed by atoms with Crippen LogP contribution in [-0.4, -0.2) is 14.2 Å². The highest BCUT2D eigenvalue weighted by Gasteiger charge is 2.08. The Morgan fingerprint density at radius 3 is 1.31 bits per heavy atom. The molecule has 0 heterocycles. The van der Waals surface area contributed by atoms with Gasteiger partial charge in [-0.05, 0) is 82.8 Å². The zero-order chi connectivity index (χ0) is 20.2. The molecule has 4 aromatic carbocycles. The van der Waals surface area contributed by atoms with Crippen molar-refractivity contribution in [3.8, 4) is 44.9 Å². The minimum Gasteiger partial charge on any atom is -0.497 e. The topological polar surface area (TPSA) is 18.5 Å². The first-order valence-electron chi connectivity index (χ1n) is 9.67. The molecule has 2 heteroatoms. The summed E-state index contributed by atoms with van der Waals surface area (Å²) in [5, 5.41) is 0. The van der Waals surface area contributed by atoms with Crippen LogP contribution in [0.1, 0.15) is 5.56 Å². The number of methoxy groups -OCH3 is 2. The van der Waals surface area contributed by atoms with Gasteiger partial charge in [0.15, 0.2) is 0 Å². The molecule has 0 bridgehead atoms. The molecular weight excluding hydrogens is 356 g/mol. The van der Waals surface area contributed by atoms with E-state index in [9.17, 15) is 0 Å². The van der Waals surface area contributed by atoms with Crippen LogP contribution >= 0.6 is 0 Å². The highest BCUT2D eigenvalue weighted by molar-refractivity contribution is 5.81. The summed E-state index contributed by atoms with van der Waals surface area (Å²) in [6.07, 6.45) is 0. The lowest BCUT2D eigenvalue weighted by atomic mass is 9.93. The monoisotopic (exact) mass is 380 g/mol. The van der Waals surface area contributed by atoms with Crippen molar-refractivity contribution in [3.05, 3.63) is 96.6 Å². The minimum atomic E-state index is 0.860. The Morgan fingerprint density at radius 2 is 0.897 bits per heavy atom. The van der Waals surface area contributed by atoms with Gasteiger partial charge in [-0.1, -0.05) is 54.1 Å². The molecule has 0 N–H and O–H groups in total. The molecule has 0 amide bonds. The number of aryl methyl sites for hydroxylation is 1. The molecule has 0 aliphatic heterocycles. The van der Waals surface area contributed by atoms with Crippen LogP contribution in [-0.2, 0) is 0 Å². The van der Waals surface area contributed by atoms with Crippen LogP contribution in [0.15, 0.2) is 91.0 Å². The van der Waals surface area contributed by atoms with Gasteiger partial charge in [-0.15, -0.1) is 0 Å². The molecule has 29 heavy (non-hydrogen) atoms.